The Morgan fingerprint density at radius 2 is 1.86 bits per heavy atom. The first-order chi connectivity index (χ1) is 16.4. The third-order valence-electron chi connectivity index (χ3n) is 6.20. The van der Waals surface area contributed by atoms with Crippen LogP contribution in [-0.2, 0) is 9.59 Å². The number of hydrogen-bond donors (Lipinski definition) is 3. The molecule has 4 atom stereocenters. The molecule has 0 saturated carbocycles. The van der Waals surface area contributed by atoms with Crippen LogP contribution in [0.25, 0.3) is 10.4 Å². The zero-order valence-electron chi connectivity index (χ0n) is 21.0. The second-order valence-corrected chi connectivity index (χ2v) is 11.6. The summed E-state index contributed by atoms with van der Waals surface area (Å²) in [5.74, 6) is -0.692. The molecule has 1 unspecified atom stereocenters. The fraction of sp³-hybridized carbons (Fsp3) is 0.520. The van der Waals surface area contributed by atoms with Crippen molar-refractivity contribution in [2.24, 2.45) is 5.41 Å². The maximum Gasteiger partial charge on any atom is 0.279 e. The summed E-state index contributed by atoms with van der Waals surface area (Å²) >= 11 is 2.58. The molecule has 2 heterocycles. The monoisotopic (exact) mass is 518 g/mol. The van der Waals surface area contributed by atoms with E-state index in [1.807, 2.05) is 64.4 Å². The predicted octanol–water partition coefficient (Wildman–Crippen LogP) is 3.74. The highest BCUT2D eigenvalue weighted by atomic mass is 32.2. The van der Waals surface area contributed by atoms with E-state index in [1.54, 1.807) is 17.6 Å². The number of aliphatic hydroxyl groups excluding tert-OH is 1. The first-order valence-electron chi connectivity index (χ1n) is 11.6. The van der Waals surface area contributed by atoms with Crippen LogP contribution in [0.2, 0.25) is 0 Å². The van der Waals surface area contributed by atoms with Crippen LogP contribution in [0.5, 0.6) is 0 Å². The van der Waals surface area contributed by atoms with Crippen LogP contribution in [0.1, 0.15) is 51.4 Å². The molecule has 0 bridgehead atoms. The van der Waals surface area contributed by atoms with Crippen LogP contribution < -0.4 is 10.6 Å². The summed E-state index contributed by atoms with van der Waals surface area (Å²) in [7, 11) is 0. The molecule has 1 aromatic carbocycles. The molecule has 1 saturated heterocycles. The summed E-state index contributed by atoms with van der Waals surface area (Å²) in [6.45, 7) is 9.49. The Morgan fingerprint density at radius 3 is 2.40 bits per heavy atom. The maximum atomic E-state index is 13.4. The van der Waals surface area contributed by atoms with Crippen molar-refractivity contribution in [3.05, 3.63) is 41.0 Å². The highest BCUT2D eigenvalue weighted by Gasteiger charge is 2.44. The number of aryl methyl sites for hydroxylation is 1. The maximum absolute atomic E-state index is 13.4. The standard InChI is InChI=1S/C25H34N4O4S2/c1-14(16-7-9-17(10-8-16)20-15(2)26-13-35-20)27-22(31)19-11-18(30)12-29(19)23(32)21(25(3,4)5)28-24(33)34-6/h7-10,13-14,18-19,21,30H,11-12H2,1-6H3,(H,27,31)(H,28,33)/t14?,18-,19+,21-/m1/s1. The molecule has 2 aromatic rings. The van der Waals surface area contributed by atoms with E-state index in [2.05, 4.69) is 15.6 Å². The lowest BCUT2D eigenvalue weighted by molar-refractivity contribution is -0.142. The van der Waals surface area contributed by atoms with Gasteiger partial charge in [0.2, 0.25) is 11.8 Å². The van der Waals surface area contributed by atoms with E-state index >= 15 is 0 Å². The molecule has 0 aliphatic carbocycles. The van der Waals surface area contributed by atoms with E-state index in [0.717, 1.165) is 33.5 Å². The van der Waals surface area contributed by atoms with Crippen molar-refractivity contribution in [3.63, 3.8) is 0 Å². The molecular weight excluding hydrogens is 484 g/mol. The molecular formula is C25H34N4O4S2. The highest BCUT2D eigenvalue weighted by Crippen LogP contribution is 2.29. The molecule has 10 heteroatoms. The first-order valence-corrected chi connectivity index (χ1v) is 13.7. The molecule has 1 aliphatic heterocycles. The predicted molar refractivity (Wildman–Crippen MR) is 140 cm³/mol. The number of thiazole rings is 1. The Hall–Kier alpha value is -2.43. The van der Waals surface area contributed by atoms with E-state index in [1.165, 1.54) is 4.90 Å². The van der Waals surface area contributed by atoms with Crippen LogP contribution in [0.3, 0.4) is 0 Å². The van der Waals surface area contributed by atoms with Crippen LogP contribution in [0, 0.1) is 12.3 Å². The lowest BCUT2D eigenvalue weighted by Gasteiger charge is -2.35. The van der Waals surface area contributed by atoms with Gasteiger partial charge in [-0.15, -0.1) is 11.3 Å². The average molecular weight is 519 g/mol. The molecule has 3 rings (SSSR count). The molecule has 1 fully saturated rings. The van der Waals surface area contributed by atoms with Gasteiger partial charge in [0.15, 0.2) is 0 Å². The number of nitrogens with one attached hydrogen (secondary N) is 2. The van der Waals surface area contributed by atoms with E-state index in [-0.39, 0.29) is 36.1 Å². The summed E-state index contributed by atoms with van der Waals surface area (Å²) < 4.78 is 0. The van der Waals surface area contributed by atoms with Gasteiger partial charge in [-0.05, 0) is 36.6 Å². The number of carbonyl (C=O) groups excluding carboxylic acids is 3. The second-order valence-electron chi connectivity index (χ2n) is 9.95. The molecule has 0 spiro atoms. The van der Waals surface area contributed by atoms with Gasteiger partial charge in [-0.2, -0.15) is 0 Å². The van der Waals surface area contributed by atoms with Gasteiger partial charge in [0.1, 0.15) is 12.1 Å². The number of likely N-dealkylation sites (tertiary alicyclic amines) is 1. The molecule has 190 valence electrons. The number of aliphatic hydroxyl groups is 1. The Labute approximate surface area is 214 Å². The van der Waals surface area contributed by atoms with Crippen molar-refractivity contribution in [1.29, 1.82) is 0 Å². The summed E-state index contributed by atoms with van der Waals surface area (Å²) in [6.07, 6.45) is 0.993. The summed E-state index contributed by atoms with van der Waals surface area (Å²) in [5, 5.41) is 15.7. The van der Waals surface area contributed by atoms with Gasteiger partial charge in [-0.3, -0.25) is 14.4 Å². The number of nitrogens with zero attached hydrogens (tertiary/aromatic N) is 2. The number of thioether (sulfide) groups is 1. The van der Waals surface area contributed by atoms with Gasteiger partial charge in [0.05, 0.1) is 28.2 Å². The van der Waals surface area contributed by atoms with E-state index in [9.17, 15) is 19.5 Å². The Morgan fingerprint density at radius 1 is 1.20 bits per heavy atom. The number of carbonyl (C=O) groups is 3. The van der Waals surface area contributed by atoms with Crippen LogP contribution >= 0.6 is 23.1 Å². The van der Waals surface area contributed by atoms with E-state index in [4.69, 9.17) is 0 Å². The normalized spacial score (nSPS) is 19.8. The first kappa shape index (κ1) is 27.2. The minimum absolute atomic E-state index is 0.0515. The summed E-state index contributed by atoms with van der Waals surface area (Å²) in [6, 6.07) is 6.05. The van der Waals surface area contributed by atoms with Gasteiger partial charge >= 0.3 is 0 Å². The van der Waals surface area contributed by atoms with Gasteiger partial charge < -0.3 is 20.6 Å². The molecule has 0 radical (unpaired) electrons. The molecule has 3 amide bonds. The van der Waals surface area contributed by atoms with Crippen LogP contribution in [-0.4, -0.2) is 63.0 Å². The van der Waals surface area contributed by atoms with Crippen molar-refractivity contribution in [3.8, 4) is 10.4 Å². The topological polar surface area (TPSA) is 112 Å². The number of hydrogen-bond acceptors (Lipinski definition) is 7. The number of β-amino-alcohol motifs (C(OH)–C–C–N with tert-alkyl or cyclic N) is 1. The van der Waals surface area contributed by atoms with Crippen molar-refractivity contribution >= 4 is 40.2 Å². The quantitative estimate of drug-likeness (QED) is 0.537. The van der Waals surface area contributed by atoms with Gasteiger partial charge in [-0.25, -0.2) is 4.98 Å². The Kier molecular flexibility index (Phi) is 8.61. The van der Waals surface area contributed by atoms with Crippen LogP contribution in [0.4, 0.5) is 4.79 Å². The zero-order valence-corrected chi connectivity index (χ0v) is 22.6. The van der Waals surface area contributed by atoms with Crippen molar-refractivity contribution < 1.29 is 19.5 Å². The second kappa shape index (κ2) is 11.1. The fourth-order valence-corrected chi connectivity index (χ4v) is 5.24. The lowest BCUT2D eigenvalue weighted by atomic mass is 9.85. The molecule has 1 aromatic heterocycles. The average Bonchev–Trinajstić information content (AvgIpc) is 3.41. The van der Waals surface area contributed by atoms with Crippen LogP contribution in [0.15, 0.2) is 29.8 Å². The van der Waals surface area contributed by atoms with E-state index in [0.29, 0.717) is 0 Å². The third kappa shape index (κ3) is 6.42. The minimum Gasteiger partial charge on any atom is -0.391 e. The van der Waals surface area contributed by atoms with Crippen molar-refractivity contribution in [1.82, 2.24) is 20.5 Å². The minimum atomic E-state index is -0.816. The Balaban J connectivity index is 1.73. The third-order valence-corrected chi connectivity index (χ3v) is 7.67. The van der Waals surface area contributed by atoms with E-state index < -0.39 is 23.6 Å². The molecule has 1 aliphatic rings. The lowest BCUT2D eigenvalue weighted by Crippen LogP contribution is -2.57. The number of amides is 3. The highest BCUT2D eigenvalue weighted by molar-refractivity contribution is 8.12. The molecule has 8 nitrogen and oxygen atoms in total. The zero-order chi connectivity index (χ0) is 25.9. The SMILES string of the molecule is CSC(=O)N[C@H](C(=O)N1C[C@H](O)C[C@H]1C(=O)NC(C)c1ccc(-c2scnc2C)cc1)C(C)(C)C. The molecule has 3 N–H and O–H groups in total. The number of aromatic nitrogens is 1. The number of rotatable bonds is 6. The van der Waals surface area contributed by atoms with Gasteiger partial charge in [0, 0.05) is 13.0 Å². The van der Waals surface area contributed by atoms with Crippen molar-refractivity contribution in [2.75, 3.05) is 12.8 Å². The smallest absolute Gasteiger partial charge is 0.279 e. The van der Waals surface area contributed by atoms with Crippen molar-refractivity contribution in [2.45, 2.75) is 65.3 Å². The molecule has 35 heavy (non-hydrogen) atoms. The summed E-state index contributed by atoms with van der Waals surface area (Å²) in [5.41, 5.74) is 4.24. The number of benzene rings is 1. The summed E-state index contributed by atoms with van der Waals surface area (Å²) in [4.78, 5) is 45.5. The van der Waals surface area contributed by atoms with Gasteiger partial charge in [0.25, 0.3) is 5.24 Å². The van der Waals surface area contributed by atoms with Gasteiger partial charge in [-0.1, -0.05) is 56.8 Å². The largest absolute Gasteiger partial charge is 0.391 e. The Bertz CT molecular complexity index is 1060. The fourth-order valence-electron chi connectivity index (χ4n) is 4.19.